The van der Waals surface area contributed by atoms with Gasteiger partial charge in [0.15, 0.2) is 0 Å². The van der Waals surface area contributed by atoms with Crippen LogP contribution in [0.2, 0.25) is 0 Å². The molecule has 0 spiro atoms. The van der Waals surface area contributed by atoms with E-state index in [9.17, 15) is 9.59 Å². The average molecular weight is 187 g/mol. The minimum atomic E-state index is -0.833. The Morgan fingerprint density at radius 2 is 2.25 bits per heavy atom. The number of hydrazine groups is 1. The molecule has 1 aromatic rings. The summed E-state index contributed by atoms with van der Waals surface area (Å²) in [5.74, 6) is -0.496. The highest BCUT2D eigenvalue weighted by Gasteiger charge is 2.07. The molecule has 4 N–H and O–H groups in total. The fraction of sp³-hybridized carbons (Fsp3) is 0. The maximum atomic E-state index is 11.0. The highest BCUT2D eigenvalue weighted by Crippen LogP contribution is 1.99. The van der Waals surface area contributed by atoms with Crippen molar-refractivity contribution in [2.45, 2.75) is 0 Å². The minimum Gasteiger partial charge on any atom is -0.350 e. The third-order valence-corrected chi connectivity index (χ3v) is 1.55. The molecule has 0 unspecified atom stereocenters. The van der Waals surface area contributed by atoms with Gasteiger partial charge in [0.1, 0.15) is 4.88 Å². The number of aromatic nitrogens is 2. The van der Waals surface area contributed by atoms with Crippen molar-refractivity contribution in [2.75, 3.05) is 0 Å². The summed E-state index contributed by atoms with van der Waals surface area (Å²) in [6.07, 6.45) is 1.28. The SMILES string of the molecule is NC(=O)NNC(=O)c1cnns1. The number of nitrogens with two attached hydrogens (primary N) is 1. The highest BCUT2D eigenvalue weighted by molar-refractivity contribution is 7.07. The number of hydrogen-bond acceptors (Lipinski definition) is 5. The Bertz CT molecular complexity index is 284. The van der Waals surface area contributed by atoms with Gasteiger partial charge in [-0.3, -0.25) is 10.2 Å². The number of amides is 3. The van der Waals surface area contributed by atoms with Crippen LogP contribution in [0.4, 0.5) is 4.79 Å². The largest absolute Gasteiger partial charge is 0.350 e. The number of hydrogen-bond donors (Lipinski definition) is 3. The van der Waals surface area contributed by atoms with E-state index in [1.165, 1.54) is 6.20 Å². The van der Waals surface area contributed by atoms with Crippen molar-refractivity contribution in [1.82, 2.24) is 20.4 Å². The molecule has 1 heterocycles. The van der Waals surface area contributed by atoms with Crippen LogP contribution in [0.5, 0.6) is 0 Å². The smallest absolute Gasteiger partial charge is 0.330 e. The molecule has 0 aliphatic heterocycles. The van der Waals surface area contributed by atoms with E-state index in [0.29, 0.717) is 4.88 Å². The lowest BCUT2D eigenvalue weighted by Crippen LogP contribution is -2.44. The normalized spacial score (nSPS) is 9.00. The second-order valence-corrected chi connectivity index (χ2v) is 2.51. The second-order valence-electron chi connectivity index (χ2n) is 1.73. The Morgan fingerprint density at radius 1 is 1.50 bits per heavy atom. The summed E-state index contributed by atoms with van der Waals surface area (Å²) in [6, 6.07) is -0.833. The molecule has 0 saturated carbocycles. The van der Waals surface area contributed by atoms with Crippen molar-refractivity contribution in [3.8, 4) is 0 Å². The third-order valence-electron chi connectivity index (χ3n) is 0.884. The minimum absolute atomic E-state index is 0.295. The number of carbonyl (C=O) groups excluding carboxylic acids is 2. The van der Waals surface area contributed by atoms with Gasteiger partial charge in [-0.15, -0.1) is 5.10 Å². The number of carbonyl (C=O) groups is 2. The molecule has 0 saturated heterocycles. The zero-order valence-electron chi connectivity index (χ0n) is 5.77. The summed E-state index contributed by atoms with van der Waals surface area (Å²) in [7, 11) is 0. The summed E-state index contributed by atoms with van der Waals surface area (Å²) in [4.78, 5) is 21.4. The van der Waals surface area contributed by atoms with E-state index in [2.05, 4.69) is 15.0 Å². The predicted molar refractivity (Wildman–Crippen MR) is 40.1 cm³/mol. The fourth-order valence-corrected chi connectivity index (χ4v) is 0.858. The number of urea groups is 1. The number of nitrogens with zero attached hydrogens (tertiary/aromatic N) is 2. The molecule has 3 amide bonds. The van der Waals surface area contributed by atoms with Crippen LogP contribution in [0.15, 0.2) is 6.20 Å². The van der Waals surface area contributed by atoms with Gasteiger partial charge >= 0.3 is 6.03 Å². The van der Waals surface area contributed by atoms with Gasteiger partial charge < -0.3 is 5.73 Å². The predicted octanol–water partition coefficient (Wildman–Crippen LogP) is -1.15. The van der Waals surface area contributed by atoms with Crippen LogP contribution in [-0.2, 0) is 0 Å². The third kappa shape index (κ3) is 2.16. The van der Waals surface area contributed by atoms with Gasteiger partial charge in [0, 0.05) is 0 Å². The molecule has 0 aromatic carbocycles. The molecular formula is C4H5N5O2S. The van der Waals surface area contributed by atoms with E-state index in [-0.39, 0.29) is 0 Å². The molecule has 0 aliphatic rings. The average Bonchev–Trinajstić information content (AvgIpc) is 2.51. The lowest BCUT2D eigenvalue weighted by atomic mass is 10.5. The topological polar surface area (TPSA) is 110 Å². The molecule has 7 nitrogen and oxygen atoms in total. The van der Waals surface area contributed by atoms with Crippen molar-refractivity contribution in [3.63, 3.8) is 0 Å². The molecule has 64 valence electrons. The van der Waals surface area contributed by atoms with Gasteiger partial charge in [0.2, 0.25) is 0 Å². The van der Waals surface area contributed by atoms with Crippen molar-refractivity contribution in [2.24, 2.45) is 5.73 Å². The van der Waals surface area contributed by atoms with Gasteiger partial charge in [-0.25, -0.2) is 10.2 Å². The summed E-state index contributed by atoms with van der Waals surface area (Å²) >= 11 is 0.917. The molecule has 0 radical (unpaired) electrons. The van der Waals surface area contributed by atoms with Crippen molar-refractivity contribution >= 4 is 23.5 Å². The quantitative estimate of drug-likeness (QED) is 0.482. The molecule has 12 heavy (non-hydrogen) atoms. The van der Waals surface area contributed by atoms with Gasteiger partial charge in [0.05, 0.1) is 6.20 Å². The van der Waals surface area contributed by atoms with E-state index in [1.807, 2.05) is 5.43 Å². The van der Waals surface area contributed by atoms with Crippen molar-refractivity contribution < 1.29 is 9.59 Å². The zero-order chi connectivity index (χ0) is 8.97. The maximum Gasteiger partial charge on any atom is 0.330 e. The van der Waals surface area contributed by atoms with Crippen LogP contribution in [0.3, 0.4) is 0 Å². The lowest BCUT2D eigenvalue weighted by Gasteiger charge is -2.00. The number of primary amides is 1. The first kappa shape index (κ1) is 8.40. The Balaban J connectivity index is 2.45. The Morgan fingerprint density at radius 3 is 2.75 bits per heavy atom. The molecular weight excluding hydrogens is 182 g/mol. The van der Waals surface area contributed by atoms with E-state index < -0.39 is 11.9 Å². The molecule has 0 bridgehead atoms. The summed E-state index contributed by atoms with van der Waals surface area (Å²) in [6.45, 7) is 0. The van der Waals surface area contributed by atoms with Crippen molar-refractivity contribution in [1.29, 1.82) is 0 Å². The van der Waals surface area contributed by atoms with Crippen LogP contribution in [0, 0.1) is 0 Å². The number of rotatable bonds is 1. The standard InChI is InChI=1S/C4H5N5O2S/c5-4(11)8-7-3(10)2-1-6-9-12-2/h1H,(H,7,10)(H3,5,8,11). The molecule has 8 heteroatoms. The summed E-state index contributed by atoms with van der Waals surface area (Å²) in [5.41, 5.74) is 8.68. The van der Waals surface area contributed by atoms with Gasteiger partial charge in [-0.1, -0.05) is 4.49 Å². The molecule has 0 atom stereocenters. The van der Waals surface area contributed by atoms with E-state index in [0.717, 1.165) is 11.5 Å². The monoisotopic (exact) mass is 187 g/mol. The first-order chi connectivity index (χ1) is 5.70. The first-order valence-corrected chi connectivity index (χ1v) is 3.60. The Hall–Kier alpha value is -1.70. The van der Waals surface area contributed by atoms with Crippen molar-refractivity contribution in [3.05, 3.63) is 11.1 Å². The van der Waals surface area contributed by atoms with Crippen LogP contribution in [0.1, 0.15) is 9.67 Å². The molecule has 1 rings (SSSR count). The Labute approximate surface area is 71.1 Å². The Kier molecular flexibility index (Phi) is 2.53. The molecule has 0 fully saturated rings. The number of nitrogens with one attached hydrogen (secondary N) is 2. The van der Waals surface area contributed by atoms with E-state index >= 15 is 0 Å². The van der Waals surface area contributed by atoms with Gasteiger partial charge in [-0.2, -0.15) is 0 Å². The first-order valence-electron chi connectivity index (χ1n) is 2.83. The molecule has 1 aromatic heterocycles. The maximum absolute atomic E-state index is 11.0. The summed E-state index contributed by atoms with van der Waals surface area (Å²) < 4.78 is 3.46. The van der Waals surface area contributed by atoms with E-state index in [1.54, 1.807) is 0 Å². The molecule has 0 aliphatic carbocycles. The van der Waals surface area contributed by atoms with Crippen LogP contribution in [0.25, 0.3) is 0 Å². The fourth-order valence-electron chi connectivity index (χ4n) is 0.447. The van der Waals surface area contributed by atoms with E-state index in [4.69, 9.17) is 5.73 Å². The second kappa shape index (κ2) is 3.62. The van der Waals surface area contributed by atoms with Crippen LogP contribution < -0.4 is 16.6 Å². The highest BCUT2D eigenvalue weighted by atomic mass is 32.1. The summed E-state index contributed by atoms with van der Waals surface area (Å²) in [5, 5.41) is 3.43. The lowest BCUT2D eigenvalue weighted by molar-refractivity contribution is 0.0941. The van der Waals surface area contributed by atoms with Crippen LogP contribution in [-0.4, -0.2) is 21.5 Å². The van der Waals surface area contributed by atoms with Gasteiger partial charge in [-0.05, 0) is 11.5 Å². The zero-order valence-corrected chi connectivity index (χ0v) is 6.59. The van der Waals surface area contributed by atoms with Crippen LogP contribution >= 0.6 is 11.5 Å². The van der Waals surface area contributed by atoms with Gasteiger partial charge in [0.25, 0.3) is 5.91 Å².